The standard InChI is InChI=1S/C11H17N3O/c1-3-8(4-1)10-13-14-11(15-10)9-5-2-6-12-7-9/h8-9,12H,1-7H2/t9-/m0/s1. The third-order valence-corrected chi connectivity index (χ3v) is 3.56. The molecule has 15 heavy (non-hydrogen) atoms. The van der Waals surface area contributed by atoms with Crippen molar-refractivity contribution in [2.24, 2.45) is 0 Å². The molecule has 4 nitrogen and oxygen atoms in total. The Morgan fingerprint density at radius 2 is 1.73 bits per heavy atom. The van der Waals surface area contributed by atoms with Gasteiger partial charge in [0.1, 0.15) is 0 Å². The molecule has 0 spiro atoms. The molecule has 1 N–H and O–H groups in total. The minimum Gasteiger partial charge on any atom is -0.425 e. The van der Waals surface area contributed by atoms with E-state index in [4.69, 9.17) is 4.42 Å². The maximum absolute atomic E-state index is 5.76. The van der Waals surface area contributed by atoms with Crippen molar-refractivity contribution in [2.45, 2.75) is 43.9 Å². The molecule has 2 heterocycles. The van der Waals surface area contributed by atoms with E-state index in [9.17, 15) is 0 Å². The molecule has 1 saturated heterocycles. The van der Waals surface area contributed by atoms with Crippen molar-refractivity contribution in [1.82, 2.24) is 15.5 Å². The Balaban J connectivity index is 1.71. The van der Waals surface area contributed by atoms with Crippen LogP contribution in [0.15, 0.2) is 4.42 Å². The van der Waals surface area contributed by atoms with Crippen molar-refractivity contribution in [2.75, 3.05) is 13.1 Å². The molecule has 1 aliphatic carbocycles. The number of piperidine rings is 1. The first kappa shape index (κ1) is 9.33. The van der Waals surface area contributed by atoms with Crippen LogP contribution in [0.4, 0.5) is 0 Å². The molecule has 1 aromatic rings. The van der Waals surface area contributed by atoms with Crippen LogP contribution in [-0.4, -0.2) is 23.3 Å². The fourth-order valence-electron chi connectivity index (χ4n) is 2.29. The van der Waals surface area contributed by atoms with Crippen LogP contribution in [0.5, 0.6) is 0 Å². The van der Waals surface area contributed by atoms with Crippen LogP contribution < -0.4 is 5.32 Å². The highest BCUT2D eigenvalue weighted by Crippen LogP contribution is 2.36. The van der Waals surface area contributed by atoms with Gasteiger partial charge in [0.2, 0.25) is 11.8 Å². The number of aromatic nitrogens is 2. The fourth-order valence-corrected chi connectivity index (χ4v) is 2.29. The monoisotopic (exact) mass is 207 g/mol. The van der Waals surface area contributed by atoms with Crippen LogP contribution in [0, 0.1) is 0 Å². The van der Waals surface area contributed by atoms with E-state index >= 15 is 0 Å². The first-order chi connectivity index (χ1) is 7.43. The topological polar surface area (TPSA) is 51.0 Å². The van der Waals surface area contributed by atoms with E-state index in [1.807, 2.05) is 0 Å². The highest BCUT2D eigenvalue weighted by molar-refractivity contribution is 5.00. The summed E-state index contributed by atoms with van der Waals surface area (Å²) in [6.07, 6.45) is 6.16. The number of nitrogens with one attached hydrogen (secondary N) is 1. The van der Waals surface area contributed by atoms with Gasteiger partial charge in [0, 0.05) is 18.4 Å². The van der Waals surface area contributed by atoms with Crippen LogP contribution in [0.25, 0.3) is 0 Å². The molecular weight excluding hydrogens is 190 g/mol. The normalized spacial score (nSPS) is 27.6. The summed E-state index contributed by atoms with van der Waals surface area (Å²) in [6.45, 7) is 2.12. The molecule has 1 aromatic heterocycles. The van der Waals surface area contributed by atoms with Crippen LogP contribution in [0.2, 0.25) is 0 Å². The van der Waals surface area contributed by atoms with Gasteiger partial charge in [-0.05, 0) is 32.2 Å². The summed E-state index contributed by atoms with van der Waals surface area (Å²) in [4.78, 5) is 0. The van der Waals surface area contributed by atoms with Crippen molar-refractivity contribution in [3.8, 4) is 0 Å². The minimum atomic E-state index is 0.445. The highest BCUT2D eigenvalue weighted by Gasteiger charge is 2.27. The molecule has 4 heteroatoms. The van der Waals surface area contributed by atoms with Gasteiger partial charge in [-0.25, -0.2) is 0 Å². The van der Waals surface area contributed by atoms with Gasteiger partial charge in [0.25, 0.3) is 0 Å². The van der Waals surface area contributed by atoms with Gasteiger partial charge in [0.05, 0.1) is 0 Å². The second kappa shape index (κ2) is 3.93. The smallest absolute Gasteiger partial charge is 0.220 e. The molecule has 2 aliphatic rings. The molecule has 0 unspecified atom stereocenters. The summed E-state index contributed by atoms with van der Waals surface area (Å²) in [5.41, 5.74) is 0. The van der Waals surface area contributed by atoms with E-state index in [0.717, 1.165) is 24.9 Å². The Morgan fingerprint density at radius 3 is 2.33 bits per heavy atom. The maximum Gasteiger partial charge on any atom is 0.220 e. The Morgan fingerprint density at radius 1 is 1.00 bits per heavy atom. The second-order valence-corrected chi connectivity index (χ2v) is 4.65. The van der Waals surface area contributed by atoms with Crippen molar-refractivity contribution < 1.29 is 4.42 Å². The van der Waals surface area contributed by atoms with Gasteiger partial charge in [-0.15, -0.1) is 10.2 Å². The Labute approximate surface area is 89.5 Å². The molecule has 3 rings (SSSR count). The second-order valence-electron chi connectivity index (χ2n) is 4.65. The van der Waals surface area contributed by atoms with Gasteiger partial charge in [0.15, 0.2) is 0 Å². The van der Waals surface area contributed by atoms with Gasteiger partial charge in [-0.3, -0.25) is 0 Å². The lowest BCUT2D eigenvalue weighted by Gasteiger charge is -2.21. The zero-order valence-electron chi connectivity index (χ0n) is 8.91. The first-order valence-corrected chi connectivity index (χ1v) is 5.97. The van der Waals surface area contributed by atoms with Crippen LogP contribution in [0.1, 0.15) is 55.7 Å². The molecule has 0 bridgehead atoms. The quantitative estimate of drug-likeness (QED) is 0.803. The first-order valence-electron chi connectivity index (χ1n) is 5.97. The molecule has 0 amide bonds. The lowest BCUT2D eigenvalue weighted by Crippen LogP contribution is -2.28. The average molecular weight is 207 g/mol. The fraction of sp³-hybridized carbons (Fsp3) is 0.818. The molecule has 1 aliphatic heterocycles. The summed E-state index contributed by atoms with van der Waals surface area (Å²) in [5.74, 6) is 2.73. The summed E-state index contributed by atoms with van der Waals surface area (Å²) >= 11 is 0. The predicted octanol–water partition coefficient (Wildman–Crippen LogP) is 1.80. The van der Waals surface area contributed by atoms with Gasteiger partial charge in [-0.1, -0.05) is 6.42 Å². The van der Waals surface area contributed by atoms with Gasteiger partial charge >= 0.3 is 0 Å². The van der Waals surface area contributed by atoms with Crippen LogP contribution in [0.3, 0.4) is 0 Å². The Bertz CT molecular complexity index is 326. The van der Waals surface area contributed by atoms with Crippen LogP contribution >= 0.6 is 0 Å². The lowest BCUT2D eigenvalue weighted by molar-refractivity contribution is 0.305. The summed E-state index contributed by atoms with van der Waals surface area (Å²) in [6, 6.07) is 0. The van der Waals surface area contributed by atoms with E-state index < -0.39 is 0 Å². The minimum absolute atomic E-state index is 0.445. The number of nitrogens with zero attached hydrogens (tertiary/aromatic N) is 2. The zero-order chi connectivity index (χ0) is 10.1. The summed E-state index contributed by atoms with van der Waals surface area (Å²) in [5, 5.41) is 11.7. The zero-order valence-corrected chi connectivity index (χ0v) is 8.91. The van der Waals surface area contributed by atoms with Gasteiger partial charge < -0.3 is 9.73 Å². The molecule has 0 radical (unpaired) electrons. The molecule has 1 saturated carbocycles. The third-order valence-electron chi connectivity index (χ3n) is 3.56. The molecule has 82 valence electrons. The average Bonchev–Trinajstić information content (AvgIpc) is 2.66. The lowest BCUT2D eigenvalue weighted by atomic mass is 9.85. The van der Waals surface area contributed by atoms with E-state index in [2.05, 4.69) is 15.5 Å². The van der Waals surface area contributed by atoms with Crippen molar-refractivity contribution in [3.63, 3.8) is 0 Å². The number of hydrogen-bond donors (Lipinski definition) is 1. The number of hydrogen-bond acceptors (Lipinski definition) is 4. The highest BCUT2D eigenvalue weighted by atomic mass is 16.4. The Hall–Kier alpha value is -0.900. The predicted molar refractivity (Wildman–Crippen MR) is 55.7 cm³/mol. The maximum atomic E-state index is 5.76. The summed E-state index contributed by atoms with van der Waals surface area (Å²) in [7, 11) is 0. The number of rotatable bonds is 2. The van der Waals surface area contributed by atoms with E-state index in [1.54, 1.807) is 0 Å². The van der Waals surface area contributed by atoms with E-state index in [0.29, 0.717) is 11.8 Å². The van der Waals surface area contributed by atoms with Crippen LogP contribution in [-0.2, 0) is 0 Å². The largest absolute Gasteiger partial charge is 0.425 e. The molecule has 2 fully saturated rings. The van der Waals surface area contributed by atoms with Crippen molar-refractivity contribution >= 4 is 0 Å². The molecule has 1 atom stereocenters. The van der Waals surface area contributed by atoms with Crippen molar-refractivity contribution in [3.05, 3.63) is 11.8 Å². The molecule has 0 aromatic carbocycles. The van der Waals surface area contributed by atoms with E-state index in [1.165, 1.54) is 32.1 Å². The SMILES string of the molecule is C1CC(c2nnc([C@H]3CCCNC3)o2)C1. The van der Waals surface area contributed by atoms with E-state index in [-0.39, 0.29) is 0 Å². The Kier molecular flexibility index (Phi) is 2.44. The summed E-state index contributed by atoms with van der Waals surface area (Å²) < 4.78 is 5.76. The molecular formula is C11H17N3O. The third kappa shape index (κ3) is 1.78. The van der Waals surface area contributed by atoms with Crippen molar-refractivity contribution in [1.29, 1.82) is 0 Å². The van der Waals surface area contributed by atoms with Gasteiger partial charge in [-0.2, -0.15) is 0 Å².